The Balaban J connectivity index is 1.21. The second-order valence-electron chi connectivity index (χ2n) is 7.49. The van der Waals surface area contributed by atoms with E-state index >= 15 is 0 Å². The van der Waals surface area contributed by atoms with E-state index in [-0.39, 0.29) is 5.91 Å². The first kappa shape index (κ1) is 21.9. The van der Waals surface area contributed by atoms with Gasteiger partial charge in [0.15, 0.2) is 0 Å². The van der Waals surface area contributed by atoms with Gasteiger partial charge in [-0.15, -0.1) is 23.1 Å². The van der Waals surface area contributed by atoms with Crippen molar-refractivity contribution in [2.75, 3.05) is 39.0 Å². The number of ether oxygens (including phenoxy) is 1. The molecule has 1 amide bonds. The topological polar surface area (TPSA) is 45.7 Å². The summed E-state index contributed by atoms with van der Waals surface area (Å²) in [6.07, 6.45) is 0. The summed E-state index contributed by atoms with van der Waals surface area (Å²) < 4.78 is 5.22. The number of nitrogens with zero attached hydrogens (tertiary/aromatic N) is 3. The third-order valence-corrected chi connectivity index (χ3v) is 7.18. The van der Waals surface area contributed by atoms with Gasteiger partial charge in [-0.25, -0.2) is 4.98 Å². The van der Waals surface area contributed by atoms with E-state index in [1.54, 1.807) is 30.2 Å². The number of thiazole rings is 1. The summed E-state index contributed by atoms with van der Waals surface area (Å²) in [6.45, 7) is 4.22. The zero-order valence-electron chi connectivity index (χ0n) is 17.7. The van der Waals surface area contributed by atoms with Gasteiger partial charge in [0, 0.05) is 42.9 Å². The van der Waals surface area contributed by atoms with Gasteiger partial charge in [0.05, 0.1) is 25.1 Å². The fourth-order valence-corrected chi connectivity index (χ4v) is 5.28. The van der Waals surface area contributed by atoms with E-state index in [0.717, 1.165) is 60.5 Å². The molecule has 0 saturated carbocycles. The second-order valence-corrected chi connectivity index (χ2v) is 9.42. The van der Waals surface area contributed by atoms with Crippen molar-refractivity contribution in [2.24, 2.45) is 0 Å². The van der Waals surface area contributed by atoms with Gasteiger partial charge >= 0.3 is 0 Å². The lowest BCUT2D eigenvalue weighted by Gasteiger charge is -2.34. The standard InChI is InChI=1S/C24H27N3O2S2/c1-29-21-9-7-20(8-10-21)22-17-31-23(25-22)15-26-11-13-27(14-12-26)24(28)18-30-16-19-5-3-2-4-6-19/h2-10,17H,11-16,18H2,1H3. The largest absolute Gasteiger partial charge is 0.497 e. The van der Waals surface area contributed by atoms with Gasteiger partial charge in [0.1, 0.15) is 10.8 Å². The molecule has 1 fully saturated rings. The number of thioether (sulfide) groups is 1. The molecule has 4 rings (SSSR count). The number of piperazine rings is 1. The Kier molecular flexibility index (Phi) is 7.61. The lowest BCUT2D eigenvalue weighted by atomic mass is 10.2. The zero-order chi connectivity index (χ0) is 21.5. The van der Waals surface area contributed by atoms with Crippen LogP contribution in [0.5, 0.6) is 5.75 Å². The molecule has 0 bridgehead atoms. The fourth-order valence-electron chi connectivity index (χ4n) is 3.55. The Labute approximate surface area is 192 Å². The number of hydrogen-bond acceptors (Lipinski definition) is 6. The number of rotatable bonds is 8. The van der Waals surface area contributed by atoms with Gasteiger partial charge in [-0.2, -0.15) is 0 Å². The highest BCUT2D eigenvalue weighted by Gasteiger charge is 2.21. The molecule has 2 heterocycles. The van der Waals surface area contributed by atoms with Gasteiger partial charge in [-0.3, -0.25) is 9.69 Å². The van der Waals surface area contributed by atoms with E-state index in [4.69, 9.17) is 9.72 Å². The van der Waals surface area contributed by atoms with Crippen molar-refractivity contribution >= 4 is 29.0 Å². The van der Waals surface area contributed by atoms with Gasteiger partial charge in [0.25, 0.3) is 0 Å². The summed E-state index contributed by atoms with van der Waals surface area (Å²) in [5.74, 6) is 2.53. The molecule has 0 radical (unpaired) electrons. The van der Waals surface area contributed by atoms with Crippen LogP contribution in [0, 0.1) is 0 Å². The number of methoxy groups -OCH3 is 1. The average molecular weight is 454 g/mol. The molecule has 0 aliphatic carbocycles. The molecule has 162 valence electrons. The first-order chi connectivity index (χ1) is 15.2. The lowest BCUT2D eigenvalue weighted by Crippen LogP contribution is -2.48. The molecule has 2 aromatic carbocycles. The zero-order valence-corrected chi connectivity index (χ0v) is 19.3. The molecule has 1 aliphatic rings. The summed E-state index contributed by atoms with van der Waals surface area (Å²) in [6, 6.07) is 18.3. The van der Waals surface area contributed by atoms with Crippen LogP contribution in [0.1, 0.15) is 10.6 Å². The molecule has 1 saturated heterocycles. The fraction of sp³-hybridized carbons (Fsp3) is 0.333. The van der Waals surface area contributed by atoms with Crippen LogP contribution in [0.15, 0.2) is 60.0 Å². The molecule has 0 unspecified atom stereocenters. The van der Waals surface area contributed by atoms with Crippen molar-refractivity contribution in [1.82, 2.24) is 14.8 Å². The monoisotopic (exact) mass is 453 g/mol. The molecule has 0 N–H and O–H groups in total. The molecule has 3 aromatic rings. The van der Waals surface area contributed by atoms with Gasteiger partial charge in [-0.1, -0.05) is 30.3 Å². The summed E-state index contributed by atoms with van der Waals surface area (Å²) in [5.41, 5.74) is 3.38. The number of aromatic nitrogens is 1. The smallest absolute Gasteiger partial charge is 0.232 e. The van der Waals surface area contributed by atoms with E-state index in [2.05, 4.69) is 22.4 Å². The number of hydrogen-bond donors (Lipinski definition) is 0. The van der Waals surface area contributed by atoms with Crippen LogP contribution in [-0.2, 0) is 17.1 Å². The summed E-state index contributed by atoms with van der Waals surface area (Å²) in [5, 5.41) is 3.23. The van der Waals surface area contributed by atoms with E-state index in [1.807, 2.05) is 47.4 Å². The maximum atomic E-state index is 12.5. The lowest BCUT2D eigenvalue weighted by molar-refractivity contribution is -0.130. The Morgan fingerprint density at radius 3 is 2.52 bits per heavy atom. The first-order valence-corrected chi connectivity index (χ1v) is 12.5. The van der Waals surface area contributed by atoms with Crippen LogP contribution in [0.4, 0.5) is 0 Å². The molecule has 7 heteroatoms. The molecule has 1 aromatic heterocycles. The Morgan fingerprint density at radius 1 is 1.06 bits per heavy atom. The van der Waals surface area contributed by atoms with Crippen molar-refractivity contribution in [3.05, 3.63) is 70.5 Å². The maximum Gasteiger partial charge on any atom is 0.232 e. The number of carbonyl (C=O) groups excluding carboxylic acids is 1. The minimum atomic E-state index is 0.247. The minimum Gasteiger partial charge on any atom is -0.497 e. The highest BCUT2D eigenvalue weighted by Crippen LogP contribution is 2.25. The third-order valence-electron chi connectivity index (χ3n) is 5.36. The van der Waals surface area contributed by atoms with Gasteiger partial charge in [-0.05, 0) is 29.8 Å². The molecule has 0 atom stereocenters. The van der Waals surface area contributed by atoms with E-state index < -0.39 is 0 Å². The normalized spacial score (nSPS) is 14.5. The number of benzene rings is 2. The van der Waals surface area contributed by atoms with Crippen molar-refractivity contribution in [3.63, 3.8) is 0 Å². The van der Waals surface area contributed by atoms with Crippen LogP contribution in [-0.4, -0.2) is 59.7 Å². The van der Waals surface area contributed by atoms with Gasteiger partial charge in [0.2, 0.25) is 5.91 Å². The molecule has 5 nitrogen and oxygen atoms in total. The Hall–Kier alpha value is -2.35. The van der Waals surface area contributed by atoms with E-state index in [1.165, 1.54) is 5.56 Å². The Morgan fingerprint density at radius 2 is 1.81 bits per heavy atom. The number of carbonyl (C=O) groups is 1. The summed E-state index contributed by atoms with van der Waals surface area (Å²) in [7, 11) is 1.67. The molecular formula is C24H27N3O2S2. The predicted octanol–water partition coefficient (Wildman–Crippen LogP) is 4.40. The molecule has 31 heavy (non-hydrogen) atoms. The highest BCUT2D eigenvalue weighted by molar-refractivity contribution is 7.99. The van der Waals surface area contributed by atoms with Crippen LogP contribution >= 0.6 is 23.1 Å². The van der Waals surface area contributed by atoms with Crippen LogP contribution in [0.2, 0.25) is 0 Å². The van der Waals surface area contributed by atoms with E-state index in [9.17, 15) is 4.79 Å². The van der Waals surface area contributed by atoms with Crippen molar-refractivity contribution in [1.29, 1.82) is 0 Å². The van der Waals surface area contributed by atoms with Crippen LogP contribution < -0.4 is 4.74 Å². The van der Waals surface area contributed by atoms with Crippen LogP contribution in [0.25, 0.3) is 11.3 Å². The first-order valence-electron chi connectivity index (χ1n) is 10.4. The van der Waals surface area contributed by atoms with Gasteiger partial charge < -0.3 is 9.64 Å². The second kappa shape index (κ2) is 10.8. The minimum absolute atomic E-state index is 0.247. The quantitative estimate of drug-likeness (QED) is 0.506. The molecule has 0 spiro atoms. The average Bonchev–Trinajstić information content (AvgIpc) is 3.29. The van der Waals surface area contributed by atoms with Crippen LogP contribution in [0.3, 0.4) is 0 Å². The summed E-state index contributed by atoms with van der Waals surface area (Å²) in [4.78, 5) is 21.7. The maximum absolute atomic E-state index is 12.5. The van der Waals surface area contributed by atoms with Crippen molar-refractivity contribution in [2.45, 2.75) is 12.3 Å². The van der Waals surface area contributed by atoms with E-state index in [0.29, 0.717) is 5.75 Å². The Bertz CT molecular complexity index is 968. The third kappa shape index (κ3) is 6.09. The highest BCUT2D eigenvalue weighted by atomic mass is 32.2. The predicted molar refractivity (Wildman–Crippen MR) is 129 cm³/mol. The summed E-state index contributed by atoms with van der Waals surface area (Å²) >= 11 is 3.39. The van der Waals surface area contributed by atoms with Crippen molar-refractivity contribution < 1.29 is 9.53 Å². The van der Waals surface area contributed by atoms with Crippen molar-refractivity contribution in [3.8, 4) is 17.0 Å². The SMILES string of the molecule is COc1ccc(-c2csc(CN3CCN(C(=O)CSCc4ccccc4)CC3)n2)cc1. The number of amides is 1. The molecule has 1 aliphatic heterocycles. The molecular weight excluding hydrogens is 426 g/mol.